The average Bonchev–Trinajstić information content (AvgIpc) is 2.93. The number of fused-ring (bicyclic) bond motifs is 1. The first-order valence-electron chi connectivity index (χ1n) is 6.46. The molecule has 0 bridgehead atoms. The van der Waals surface area contributed by atoms with E-state index in [9.17, 15) is 0 Å². The van der Waals surface area contributed by atoms with Gasteiger partial charge in [-0.3, -0.25) is 0 Å². The first kappa shape index (κ1) is 12.6. The zero-order chi connectivity index (χ0) is 13.8. The van der Waals surface area contributed by atoms with Gasteiger partial charge in [-0.2, -0.15) is 5.10 Å². The summed E-state index contributed by atoms with van der Waals surface area (Å²) in [6, 6.07) is 12.1. The molecular weight excluding hydrogens is 252 g/mol. The Balaban J connectivity index is 1.70. The van der Waals surface area contributed by atoms with Gasteiger partial charge in [-0.25, -0.2) is 9.50 Å². The van der Waals surface area contributed by atoms with Gasteiger partial charge in [-0.15, -0.1) is 0 Å². The molecule has 2 heterocycles. The first-order chi connectivity index (χ1) is 9.85. The summed E-state index contributed by atoms with van der Waals surface area (Å²) < 4.78 is 6.88. The Hall–Kier alpha value is -2.40. The van der Waals surface area contributed by atoms with Gasteiger partial charge in [0, 0.05) is 25.9 Å². The van der Waals surface area contributed by atoms with Crippen molar-refractivity contribution in [2.24, 2.45) is 0 Å². The van der Waals surface area contributed by atoms with Crippen molar-refractivity contribution in [3.05, 3.63) is 59.9 Å². The van der Waals surface area contributed by atoms with E-state index in [4.69, 9.17) is 4.74 Å². The van der Waals surface area contributed by atoms with E-state index in [2.05, 4.69) is 33.6 Å². The van der Waals surface area contributed by atoms with Crippen molar-refractivity contribution in [2.75, 3.05) is 12.4 Å². The van der Waals surface area contributed by atoms with Gasteiger partial charge in [0.1, 0.15) is 5.82 Å². The largest absolute Gasteiger partial charge is 0.380 e. The molecule has 5 heteroatoms. The van der Waals surface area contributed by atoms with Gasteiger partial charge < -0.3 is 10.1 Å². The highest BCUT2D eigenvalue weighted by atomic mass is 16.5. The summed E-state index contributed by atoms with van der Waals surface area (Å²) in [5.74, 6) is 0.843. The SMILES string of the molecule is COCc1cccc(CNc2ccn3nccc3n2)c1. The van der Waals surface area contributed by atoms with Gasteiger partial charge in [-0.05, 0) is 17.2 Å². The van der Waals surface area contributed by atoms with Gasteiger partial charge in [0.05, 0.1) is 12.8 Å². The second-order valence-electron chi connectivity index (χ2n) is 4.55. The lowest BCUT2D eigenvalue weighted by atomic mass is 10.1. The monoisotopic (exact) mass is 268 g/mol. The Morgan fingerprint density at radius 1 is 1.20 bits per heavy atom. The van der Waals surface area contributed by atoms with Crippen LogP contribution < -0.4 is 5.32 Å². The Morgan fingerprint density at radius 3 is 3.00 bits per heavy atom. The average molecular weight is 268 g/mol. The highest BCUT2D eigenvalue weighted by Gasteiger charge is 2.00. The molecule has 0 radical (unpaired) electrons. The number of ether oxygens (including phenoxy) is 1. The molecule has 0 aliphatic carbocycles. The third-order valence-electron chi connectivity index (χ3n) is 3.03. The van der Waals surface area contributed by atoms with Crippen LogP contribution in [0.1, 0.15) is 11.1 Å². The second-order valence-corrected chi connectivity index (χ2v) is 4.55. The minimum absolute atomic E-state index is 0.633. The maximum absolute atomic E-state index is 5.14. The molecule has 0 unspecified atom stereocenters. The van der Waals surface area contributed by atoms with Gasteiger partial charge >= 0.3 is 0 Å². The minimum atomic E-state index is 0.633. The van der Waals surface area contributed by atoms with Gasteiger partial charge in [-0.1, -0.05) is 24.3 Å². The van der Waals surface area contributed by atoms with Crippen molar-refractivity contribution in [1.82, 2.24) is 14.6 Å². The number of nitrogens with one attached hydrogen (secondary N) is 1. The molecular formula is C15H16N4O. The van der Waals surface area contributed by atoms with Crippen molar-refractivity contribution in [3.8, 4) is 0 Å². The second kappa shape index (κ2) is 5.71. The highest BCUT2D eigenvalue weighted by Crippen LogP contribution is 2.10. The molecule has 2 aromatic heterocycles. The van der Waals surface area contributed by atoms with Gasteiger partial charge in [0.2, 0.25) is 0 Å². The smallest absolute Gasteiger partial charge is 0.157 e. The zero-order valence-corrected chi connectivity index (χ0v) is 11.3. The van der Waals surface area contributed by atoms with Crippen LogP contribution in [-0.4, -0.2) is 21.7 Å². The number of methoxy groups -OCH3 is 1. The lowest BCUT2D eigenvalue weighted by molar-refractivity contribution is 0.185. The summed E-state index contributed by atoms with van der Waals surface area (Å²) in [5.41, 5.74) is 3.21. The molecule has 0 saturated heterocycles. The van der Waals surface area contributed by atoms with Crippen molar-refractivity contribution in [3.63, 3.8) is 0 Å². The van der Waals surface area contributed by atoms with E-state index in [0.29, 0.717) is 6.61 Å². The molecule has 20 heavy (non-hydrogen) atoms. The first-order valence-corrected chi connectivity index (χ1v) is 6.46. The van der Waals surface area contributed by atoms with Crippen LogP contribution in [0.4, 0.5) is 5.82 Å². The number of benzene rings is 1. The number of nitrogens with zero attached hydrogens (tertiary/aromatic N) is 3. The molecule has 0 fully saturated rings. The molecule has 0 saturated carbocycles. The van der Waals surface area contributed by atoms with E-state index in [-0.39, 0.29) is 0 Å². The van der Waals surface area contributed by atoms with Crippen LogP contribution in [0.5, 0.6) is 0 Å². The summed E-state index contributed by atoms with van der Waals surface area (Å²) >= 11 is 0. The summed E-state index contributed by atoms with van der Waals surface area (Å²) in [6.07, 6.45) is 3.63. The Kier molecular flexibility index (Phi) is 3.60. The molecule has 1 aromatic carbocycles. The van der Waals surface area contributed by atoms with Crippen molar-refractivity contribution < 1.29 is 4.74 Å². The van der Waals surface area contributed by atoms with Gasteiger partial charge in [0.15, 0.2) is 5.65 Å². The van der Waals surface area contributed by atoms with E-state index >= 15 is 0 Å². The fourth-order valence-electron chi connectivity index (χ4n) is 2.10. The fourth-order valence-corrected chi connectivity index (χ4v) is 2.10. The van der Waals surface area contributed by atoms with Crippen LogP contribution in [0.2, 0.25) is 0 Å². The highest BCUT2D eigenvalue weighted by molar-refractivity contribution is 5.45. The third-order valence-corrected chi connectivity index (χ3v) is 3.03. The van der Waals surface area contributed by atoms with Crippen LogP contribution in [0.25, 0.3) is 5.65 Å². The lowest BCUT2D eigenvalue weighted by Gasteiger charge is -2.07. The number of hydrogen-bond acceptors (Lipinski definition) is 4. The van der Waals surface area contributed by atoms with Crippen molar-refractivity contribution in [1.29, 1.82) is 0 Å². The molecule has 102 valence electrons. The number of anilines is 1. The third kappa shape index (κ3) is 2.78. The standard InChI is InChI=1S/C15H16N4O/c1-20-11-13-4-2-3-12(9-13)10-16-14-6-8-19-15(18-14)5-7-17-19/h2-9H,10-11H2,1H3,(H,16,18). The summed E-state index contributed by atoms with van der Waals surface area (Å²) in [4.78, 5) is 4.47. The predicted octanol–water partition coefficient (Wildman–Crippen LogP) is 2.49. The molecule has 0 spiro atoms. The number of aromatic nitrogens is 3. The molecule has 3 aromatic rings. The fraction of sp³-hybridized carbons (Fsp3) is 0.200. The summed E-state index contributed by atoms with van der Waals surface area (Å²) in [7, 11) is 1.70. The Labute approximate surface area is 117 Å². The molecule has 0 aliphatic rings. The normalized spacial score (nSPS) is 10.8. The topological polar surface area (TPSA) is 51.5 Å². The molecule has 1 N–H and O–H groups in total. The Bertz CT molecular complexity index is 708. The minimum Gasteiger partial charge on any atom is -0.380 e. The zero-order valence-electron chi connectivity index (χ0n) is 11.3. The number of rotatable bonds is 5. The van der Waals surface area contributed by atoms with Crippen LogP contribution in [-0.2, 0) is 17.9 Å². The number of hydrogen-bond donors (Lipinski definition) is 1. The maximum Gasteiger partial charge on any atom is 0.157 e. The van der Waals surface area contributed by atoms with E-state index < -0.39 is 0 Å². The van der Waals surface area contributed by atoms with E-state index in [1.54, 1.807) is 17.8 Å². The van der Waals surface area contributed by atoms with Crippen molar-refractivity contribution in [2.45, 2.75) is 13.2 Å². The van der Waals surface area contributed by atoms with E-state index in [1.807, 2.05) is 24.4 Å². The maximum atomic E-state index is 5.14. The quantitative estimate of drug-likeness (QED) is 0.772. The van der Waals surface area contributed by atoms with Crippen LogP contribution in [0.3, 0.4) is 0 Å². The lowest BCUT2D eigenvalue weighted by Crippen LogP contribution is -2.03. The van der Waals surface area contributed by atoms with Crippen LogP contribution in [0.15, 0.2) is 48.8 Å². The molecule has 0 aliphatic heterocycles. The van der Waals surface area contributed by atoms with E-state index in [1.165, 1.54) is 11.1 Å². The molecule has 3 rings (SSSR count). The van der Waals surface area contributed by atoms with E-state index in [0.717, 1.165) is 18.0 Å². The van der Waals surface area contributed by atoms with Crippen LogP contribution >= 0.6 is 0 Å². The Morgan fingerprint density at radius 2 is 2.10 bits per heavy atom. The van der Waals surface area contributed by atoms with Crippen LogP contribution in [0, 0.1) is 0 Å². The summed E-state index contributed by atoms with van der Waals surface area (Å²) in [5, 5.41) is 7.44. The molecule has 0 amide bonds. The van der Waals surface area contributed by atoms with Gasteiger partial charge in [0.25, 0.3) is 0 Å². The van der Waals surface area contributed by atoms with Crippen molar-refractivity contribution >= 4 is 11.5 Å². The molecule has 0 atom stereocenters. The molecule has 5 nitrogen and oxygen atoms in total. The summed E-state index contributed by atoms with van der Waals surface area (Å²) in [6.45, 7) is 1.36. The predicted molar refractivity (Wildman–Crippen MR) is 77.5 cm³/mol.